The van der Waals surface area contributed by atoms with E-state index in [-0.39, 0.29) is 17.1 Å². The van der Waals surface area contributed by atoms with Crippen molar-refractivity contribution in [1.82, 2.24) is 4.72 Å². The highest BCUT2D eigenvalue weighted by molar-refractivity contribution is 14.1. The molecule has 0 bridgehead atoms. The van der Waals surface area contributed by atoms with Gasteiger partial charge in [0, 0.05) is 0 Å². The number of nitrogens with one attached hydrogen (secondary N) is 1. The highest BCUT2D eigenvalue weighted by Crippen LogP contribution is 2.26. The Morgan fingerprint density at radius 3 is 2.31 bits per heavy atom. The molecule has 138 valence electrons. The Morgan fingerprint density at radius 1 is 1.15 bits per heavy atom. The Hall–Kier alpha value is -1.71. The Morgan fingerprint density at radius 2 is 1.77 bits per heavy atom. The lowest BCUT2D eigenvalue weighted by Gasteiger charge is -2.21. The van der Waals surface area contributed by atoms with E-state index in [1.54, 1.807) is 47.4 Å². The van der Waals surface area contributed by atoms with Crippen LogP contribution >= 0.6 is 22.6 Å². The van der Waals surface area contributed by atoms with Crippen molar-refractivity contribution in [2.45, 2.75) is 24.8 Å². The van der Waals surface area contributed by atoms with Gasteiger partial charge in [-0.05, 0) is 35.6 Å². The SMILES string of the molecule is CCOC(=O)C(=CI)C(NS(=O)(=O)c1ccc(C)cc1)c1ccccc1. The fraction of sp³-hybridized carbons (Fsp3) is 0.211. The minimum atomic E-state index is -3.83. The van der Waals surface area contributed by atoms with Gasteiger partial charge < -0.3 is 4.74 Å². The van der Waals surface area contributed by atoms with E-state index in [1.807, 2.05) is 35.6 Å². The van der Waals surface area contributed by atoms with Gasteiger partial charge in [0.15, 0.2) is 0 Å². The van der Waals surface area contributed by atoms with Crippen molar-refractivity contribution in [2.75, 3.05) is 6.61 Å². The number of hydrogen-bond acceptors (Lipinski definition) is 4. The third-order valence-corrected chi connectivity index (χ3v) is 5.79. The summed E-state index contributed by atoms with van der Waals surface area (Å²) in [5.41, 5.74) is 1.84. The summed E-state index contributed by atoms with van der Waals surface area (Å²) in [6.07, 6.45) is 0. The second kappa shape index (κ2) is 9.29. The molecule has 0 aliphatic heterocycles. The first-order chi connectivity index (χ1) is 12.4. The summed E-state index contributed by atoms with van der Waals surface area (Å²) in [5.74, 6) is -0.553. The molecule has 2 aromatic carbocycles. The van der Waals surface area contributed by atoms with E-state index in [0.29, 0.717) is 5.56 Å². The quantitative estimate of drug-likeness (QED) is 0.367. The van der Waals surface area contributed by atoms with Crippen molar-refractivity contribution < 1.29 is 17.9 Å². The number of halogens is 1. The molecule has 0 aliphatic carbocycles. The Labute approximate surface area is 167 Å². The van der Waals surface area contributed by atoms with Crippen LogP contribution in [0.5, 0.6) is 0 Å². The highest BCUT2D eigenvalue weighted by Gasteiger charge is 2.28. The third-order valence-electron chi connectivity index (χ3n) is 3.68. The molecule has 0 radical (unpaired) electrons. The monoisotopic (exact) mass is 485 g/mol. The first-order valence-corrected chi connectivity index (χ1v) is 10.7. The van der Waals surface area contributed by atoms with Crippen LogP contribution in [0.1, 0.15) is 24.1 Å². The maximum atomic E-state index is 12.8. The molecule has 1 N–H and O–H groups in total. The standard InChI is InChI=1S/C19H20INO4S/c1-3-25-19(22)17(13-20)18(15-7-5-4-6-8-15)21-26(23,24)16-11-9-14(2)10-12-16/h4-13,18,21H,3H2,1-2H3. The molecule has 0 aromatic heterocycles. The van der Waals surface area contributed by atoms with Crippen LogP contribution in [0.15, 0.2) is 69.1 Å². The van der Waals surface area contributed by atoms with Gasteiger partial charge in [-0.15, -0.1) is 0 Å². The molecule has 2 rings (SSSR count). The lowest BCUT2D eigenvalue weighted by Crippen LogP contribution is -2.32. The number of hydrogen-bond donors (Lipinski definition) is 1. The first kappa shape index (κ1) is 20.6. The molecule has 0 heterocycles. The van der Waals surface area contributed by atoms with Crippen LogP contribution < -0.4 is 4.72 Å². The number of carbonyl (C=O) groups excluding carboxylic acids is 1. The lowest BCUT2D eigenvalue weighted by atomic mass is 10.0. The Kier molecular flexibility index (Phi) is 7.36. The van der Waals surface area contributed by atoms with Gasteiger partial charge in [0.05, 0.1) is 23.1 Å². The number of carbonyl (C=O) groups is 1. The third kappa shape index (κ3) is 5.15. The Balaban J connectivity index is 2.44. The molecule has 0 aliphatic rings. The molecule has 1 unspecified atom stereocenters. The number of ether oxygens (including phenoxy) is 1. The van der Waals surface area contributed by atoms with Crippen molar-refractivity contribution in [3.8, 4) is 0 Å². The van der Waals surface area contributed by atoms with E-state index in [9.17, 15) is 13.2 Å². The van der Waals surface area contributed by atoms with Crippen LogP contribution in [0, 0.1) is 6.92 Å². The summed E-state index contributed by atoms with van der Waals surface area (Å²) in [7, 11) is -3.83. The van der Waals surface area contributed by atoms with Crippen LogP contribution in [0.25, 0.3) is 0 Å². The minimum Gasteiger partial charge on any atom is -0.463 e. The molecular weight excluding hydrogens is 465 g/mol. The fourth-order valence-corrected chi connectivity index (χ4v) is 4.15. The van der Waals surface area contributed by atoms with Crippen LogP contribution in [0.2, 0.25) is 0 Å². The van der Waals surface area contributed by atoms with Gasteiger partial charge in [-0.3, -0.25) is 0 Å². The van der Waals surface area contributed by atoms with E-state index in [4.69, 9.17) is 4.74 Å². The van der Waals surface area contributed by atoms with Crippen molar-refractivity contribution in [3.05, 3.63) is 75.4 Å². The van der Waals surface area contributed by atoms with Crippen LogP contribution in [-0.4, -0.2) is 21.0 Å². The molecule has 0 spiro atoms. The molecule has 7 heteroatoms. The largest absolute Gasteiger partial charge is 0.463 e. The first-order valence-electron chi connectivity index (χ1n) is 8.00. The molecule has 0 saturated carbocycles. The van der Waals surface area contributed by atoms with Gasteiger partial charge in [-0.2, -0.15) is 4.72 Å². The van der Waals surface area contributed by atoms with Gasteiger partial charge in [-0.1, -0.05) is 70.6 Å². The van der Waals surface area contributed by atoms with Crippen molar-refractivity contribution in [2.24, 2.45) is 0 Å². The summed E-state index contributed by atoms with van der Waals surface area (Å²) in [6.45, 7) is 3.80. The highest BCUT2D eigenvalue weighted by atomic mass is 127. The average Bonchev–Trinajstić information content (AvgIpc) is 2.63. The molecule has 2 aromatic rings. The zero-order valence-electron chi connectivity index (χ0n) is 14.5. The van der Waals surface area contributed by atoms with E-state index in [0.717, 1.165) is 5.56 Å². The summed E-state index contributed by atoms with van der Waals surface area (Å²) in [5, 5.41) is 0. The van der Waals surface area contributed by atoms with Gasteiger partial charge in [0.25, 0.3) is 0 Å². The number of sulfonamides is 1. The average molecular weight is 485 g/mol. The smallest absolute Gasteiger partial charge is 0.336 e. The second-order valence-electron chi connectivity index (χ2n) is 5.56. The van der Waals surface area contributed by atoms with E-state index in [1.165, 1.54) is 12.1 Å². The molecule has 26 heavy (non-hydrogen) atoms. The lowest BCUT2D eigenvalue weighted by molar-refractivity contribution is -0.138. The van der Waals surface area contributed by atoms with Crippen molar-refractivity contribution >= 4 is 38.6 Å². The van der Waals surface area contributed by atoms with Crippen molar-refractivity contribution in [1.29, 1.82) is 0 Å². The molecular formula is C19H20INO4S. The van der Waals surface area contributed by atoms with Gasteiger partial charge in [0.1, 0.15) is 0 Å². The molecule has 0 amide bonds. The molecule has 0 fully saturated rings. The van der Waals surface area contributed by atoms with E-state index >= 15 is 0 Å². The van der Waals surface area contributed by atoms with Crippen LogP contribution in [0.4, 0.5) is 0 Å². The predicted octanol–water partition coefficient (Wildman–Crippen LogP) is 3.90. The van der Waals surface area contributed by atoms with Crippen molar-refractivity contribution in [3.63, 3.8) is 0 Å². The summed E-state index contributed by atoms with van der Waals surface area (Å²) in [4.78, 5) is 12.5. The number of benzene rings is 2. The van der Waals surface area contributed by atoms with Gasteiger partial charge in [-0.25, -0.2) is 13.2 Å². The Bertz CT molecular complexity index is 878. The maximum Gasteiger partial charge on any atom is 0.336 e. The fourth-order valence-electron chi connectivity index (χ4n) is 2.34. The molecule has 1 atom stereocenters. The van der Waals surface area contributed by atoms with E-state index < -0.39 is 22.0 Å². The summed E-state index contributed by atoms with van der Waals surface area (Å²) in [6, 6.07) is 14.6. The summed E-state index contributed by atoms with van der Waals surface area (Å²) >= 11 is 1.92. The predicted molar refractivity (Wildman–Crippen MR) is 109 cm³/mol. The molecule has 0 saturated heterocycles. The van der Waals surface area contributed by atoms with Gasteiger partial charge >= 0.3 is 5.97 Å². The molecule has 5 nitrogen and oxygen atoms in total. The van der Waals surface area contributed by atoms with Gasteiger partial charge in [0.2, 0.25) is 10.0 Å². The van der Waals surface area contributed by atoms with E-state index in [2.05, 4.69) is 4.72 Å². The topological polar surface area (TPSA) is 72.5 Å². The maximum absolute atomic E-state index is 12.8. The summed E-state index contributed by atoms with van der Waals surface area (Å²) < 4.78 is 34.9. The number of rotatable bonds is 7. The van der Waals surface area contributed by atoms with Crippen LogP contribution in [0.3, 0.4) is 0 Å². The zero-order valence-corrected chi connectivity index (χ0v) is 17.5. The second-order valence-corrected chi connectivity index (χ2v) is 7.90. The zero-order chi connectivity index (χ0) is 19.2. The van der Waals surface area contributed by atoms with Crippen LogP contribution in [-0.2, 0) is 19.6 Å². The number of esters is 1. The minimum absolute atomic E-state index is 0.140. The number of aryl methyl sites for hydroxylation is 1. The normalized spacial score (nSPS) is 13.3.